The molecule has 2 fully saturated rings. The third-order valence-corrected chi connectivity index (χ3v) is 6.07. The monoisotopic (exact) mass is 384 g/mol. The van der Waals surface area contributed by atoms with E-state index >= 15 is 0 Å². The smallest absolute Gasteiger partial charge is 0.164 e. The van der Waals surface area contributed by atoms with E-state index in [-0.39, 0.29) is 24.8 Å². The molecule has 0 saturated carbocycles. The summed E-state index contributed by atoms with van der Waals surface area (Å²) < 4.78 is 44.5. The lowest BCUT2D eigenvalue weighted by Gasteiger charge is -2.12. The van der Waals surface area contributed by atoms with Gasteiger partial charge in [0, 0.05) is 0 Å². The number of hydrogen-bond donors (Lipinski definition) is 0. The molecule has 0 N–H and O–H groups in total. The van der Waals surface area contributed by atoms with Gasteiger partial charge < -0.3 is 28.1 Å². The Kier molecular flexibility index (Phi) is 9.17. The first-order valence-electron chi connectivity index (χ1n) is 8.64. The molecule has 0 bridgehead atoms. The third-order valence-electron chi connectivity index (χ3n) is 3.71. The Bertz CT molecular complexity index is 415. The quantitative estimate of drug-likeness (QED) is 0.653. The summed E-state index contributed by atoms with van der Waals surface area (Å²) in [4.78, 5) is 0. The van der Waals surface area contributed by atoms with Crippen molar-refractivity contribution in [1.82, 2.24) is 0 Å². The predicted octanol–water partition coefficient (Wildman–Crippen LogP) is 3.52. The molecule has 0 radical (unpaired) electrons. The van der Waals surface area contributed by atoms with E-state index < -0.39 is 14.3 Å². The highest BCUT2D eigenvalue weighted by Crippen LogP contribution is 2.39. The molecule has 8 heteroatoms. The summed E-state index contributed by atoms with van der Waals surface area (Å²) in [5.41, 5.74) is 0. The van der Waals surface area contributed by atoms with Gasteiger partial charge in [-0.15, -0.1) is 0 Å². The molecule has 0 amide bonds. The molecule has 4 atom stereocenters. The Morgan fingerprint density at radius 2 is 1.08 bits per heavy atom. The lowest BCUT2D eigenvalue weighted by molar-refractivity contribution is -0.0403. The number of hydrogen-bond acceptors (Lipinski definition) is 6. The first-order chi connectivity index (χ1) is 11.0. The molecule has 6 nitrogen and oxygen atoms in total. The molecule has 0 aromatic heterocycles. The van der Waals surface area contributed by atoms with Crippen LogP contribution in [0.2, 0.25) is 0 Å². The largest absolute Gasteiger partial charge is 0.349 e. The first kappa shape index (κ1) is 22.3. The molecule has 144 valence electrons. The molecule has 0 aliphatic carbocycles. The van der Waals surface area contributed by atoms with Crippen LogP contribution >= 0.6 is 14.3 Å². The van der Waals surface area contributed by atoms with Crippen molar-refractivity contribution in [3.63, 3.8) is 0 Å². The molecule has 2 aliphatic heterocycles. The van der Waals surface area contributed by atoms with Gasteiger partial charge in [0.2, 0.25) is 0 Å². The standard InChI is InChI=1S/2C8H17O3P/c2*1-4-7-5-10-8(11-7)6-12(2,3)9/h2*7-8H,4-6H2,1-3H3. The van der Waals surface area contributed by atoms with Crippen LogP contribution in [-0.2, 0) is 28.1 Å². The van der Waals surface area contributed by atoms with Gasteiger partial charge in [0.15, 0.2) is 12.6 Å². The summed E-state index contributed by atoms with van der Waals surface area (Å²) in [6.45, 7) is 12.5. The fraction of sp³-hybridized carbons (Fsp3) is 1.00. The molecule has 24 heavy (non-hydrogen) atoms. The first-order valence-corrected chi connectivity index (χ1v) is 14.2. The predicted molar refractivity (Wildman–Crippen MR) is 98.5 cm³/mol. The van der Waals surface area contributed by atoms with Crippen LogP contribution < -0.4 is 0 Å². The molecule has 2 heterocycles. The van der Waals surface area contributed by atoms with Gasteiger partial charge in [0.05, 0.1) is 52.0 Å². The molecule has 2 saturated heterocycles. The lowest BCUT2D eigenvalue weighted by Crippen LogP contribution is -2.15. The summed E-state index contributed by atoms with van der Waals surface area (Å²) >= 11 is 0. The van der Waals surface area contributed by atoms with E-state index in [1.165, 1.54) is 0 Å². The molecule has 0 spiro atoms. The molecule has 4 unspecified atom stereocenters. The highest BCUT2D eigenvalue weighted by atomic mass is 31.2. The number of ether oxygens (including phenoxy) is 4. The van der Waals surface area contributed by atoms with Crippen molar-refractivity contribution in [3.05, 3.63) is 0 Å². The van der Waals surface area contributed by atoms with Crippen LogP contribution in [0.15, 0.2) is 0 Å². The minimum atomic E-state index is -2.00. The summed E-state index contributed by atoms with van der Waals surface area (Å²) in [6, 6.07) is 0. The zero-order chi connectivity index (χ0) is 18.4. The van der Waals surface area contributed by atoms with Crippen molar-refractivity contribution in [3.8, 4) is 0 Å². The van der Waals surface area contributed by atoms with Gasteiger partial charge in [-0.3, -0.25) is 0 Å². The summed E-state index contributed by atoms with van der Waals surface area (Å²) in [5.74, 6) is 0. The van der Waals surface area contributed by atoms with Crippen molar-refractivity contribution in [1.29, 1.82) is 0 Å². The Morgan fingerprint density at radius 3 is 1.29 bits per heavy atom. The highest BCUT2D eigenvalue weighted by molar-refractivity contribution is 7.62. The summed E-state index contributed by atoms with van der Waals surface area (Å²) in [5, 5.41) is 0. The van der Waals surface area contributed by atoms with Gasteiger partial charge in [-0.2, -0.15) is 0 Å². The van der Waals surface area contributed by atoms with E-state index in [0.717, 1.165) is 12.8 Å². The van der Waals surface area contributed by atoms with E-state index in [2.05, 4.69) is 13.8 Å². The van der Waals surface area contributed by atoms with Crippen molar-refractivity contribution in [2.24, 2.45) is 0 Å². The molecular formula is C16H34O6P2. The average Bonchev–Trinajstić information content (AvgIpc) is 3.04. The maximum absolute atomic E-state index is 11.4. The number of rotatable bonds is 6. The van der Waals surface area contributed by atoms with Crippen molar-refractivity contribution in [2.45, 2.75) is 51.5 Å². The maximum atomic E-state index is 11.4. The molecule has 2 rings (SSSR count). The molecular weight excluding hydrogens is 350 g/mol. The van der Waals surface area contributed by atoms with Crippen LogP contribution in [0.5, 0.6) is 0 Å². The minimum absolute atomic E-state index is 0.210. The van der Waals surface area contributed by atoms with Gasteiger partial charge >= 0.3 is 0 Å². The van der Waals surface area contributed by atoms with Crippen molar-refractivity contribution in [2.75, 3.05) is 52.2 Å². The lowest BCUT2D eigenvalue weighted by atomic mass is 10.3. The highest BCUT2D eigenvalue weighted by Gasteiger charge is 2.28. The van der Waals surface area contributed by atoms with Crippen molar-refractivity contribution < 1.29 is 28.1 Å². The summed E-state index contributed by atoms with van der Waals surface area (Å²) in [7, 11) is -4.00. The topological polar surface area (TPSA) is 71.1 Å². The van der Waals surface area contributed by atoms with Crippen molar-refractivity contribution >= 4 is 14.3 Å². The fourth-order valence-electron chi connectivity index (χ4n) is 2.35. The molecule has 0 aromatic carbocycles. The maximum Gasteiger partial charge on any atom is 0.164 e. The second-order valence-electron chi connectivity index (χ2n) is 7.37. The van der Waals surface area contributed by atoms with Gasteiger partial charge in [0.25, 0.3) is 0 Å². The molecule has 2 aliphatic rings. The van der Waals surface area contributed by atoms with Crippen LogP contribution in [0.25, 0.3) is 0 Å². The Balaban J connectivity index is 0.000000240. The van der Waals surface area contributed by atoms with E-state index in [1.807, 2.05) is 0 Å². The van der Waals surface area contributed by atoms with Crippen LogP contribution in [0.3, 0.4) is 0 Å². The van der Waals surface area contributed by atoms with Crippen LogP contribution in [0.1, 0.15) is 26.7 Å². The van der Waals surface area contributed by atoms with Gasteiger partial charge in [-0.1, -0.05) is 13.8 Å². The fourth-order valence-corrected chi connectivity index (χ4v) is 4.17. The van der Waals surface area contributed by atoms with Crippen LogP contribution in [0.4, 0.5) is 0 Å². The SMILES string of the molecule is CCC1COC(CP(C)(C)=O)O1.CCC1COC(CP(C)(C)=O)O1. The van der Waals surface area contributed by atoms with Gasteiger partial charge in [-0.05, 0) is 39.5 Å². The third kappa shape index (κ3) is 9.70. The van der Waals surface area contributed by atoms with E-state index in [4.69, 9.17) is 18.9 Å². The Hall–Kier alpha value is 0.300. The van der Waals surface area contributed by atoms with E-state index in [1.54, 1.807) is 26.7 Å². The normalized spacial score (nSPS) is 30.9. The van der Waals surface area contributed by atoms with E-state index in [9.17, 15) is 9.13 Å². The Morgan fingerprint density at radius 1 is 0.750 bits per heavy atom. The zero-order valence-corrected chi connectivity index (χ0v) is 17.7. The van der Waals surface area contributed by atoms with E-state index in [0.29, 0.717) is 25.5 Å². The van der Waals surface area contributed by atoms with Gasteiger partial charge in [-0.25, -0.2) is 0 Å². The van der Waals surface area contributed by atoms with Crippen LogP contribution in [0, 0.1) is 0 Å². The minimum Gasteiger partial charge on any atom is -0.349 e. The zero-order valence-electron chi connectivity index (χ0n) is 15.9. The van der Waals surface area contributed by atoms with Crippen LogP contribution in [-0.4, -0.2) is 77.0 Å². The summed E-state index contributed by atoms with van der Waals surface area (Å²) in [6.07, 6.45) is 2.99. The van der Waals surface area contributed by atoms with Gasteiger partial charge in [0.1, 0.15) is 0 Å². The molecule has 0 aromatic rings. The second kappa shape index (κ2) is 9.85. The second-order valence-corrected chi connectivity index (χ2v) is 14.4. The Labute approximate surface area is 146 Å². The average molecular weight is 384 g/mol.